The van der Waals surface area contributed by atoms with Crippen molar-refractivity contribution in [3.8, 4) is 11.5 Å². The maximum atomic E-state index is 13.4. The van der Waals surface area contributed by atoms with Crippen molar-refractivity contribution < 1.29 is 33.7 Å². The monoisotopic (exact) mass is 423 g/mol. The Morgan fingerprint density at radius 1 is 1.13 bits per heavy atom. The van der Waals surface area contributed by atoms with E-state index < -0.39 is 23.5 Å². The molecule has 4 rings (SSSR count). The minimum atomic E-state index is -0.856. The maximum Gasteiger partial charge on any atom is 0.290 e. The highest BCUT2D eigenvalue weighted by atomic mass is 16.5. The number of aliphatic hydroxyl groups is 1. The van der Waals surface area contributed by atoms with E-state index in [1.807, 2.05) is 0 Å². The number of phenols is 1. The number of hydrogen-bond acceptors (Lipinski definition) is 7. The molecule has 31 heavy (non-hydrogen) atoms. The highest BCUT2D eigenvalue weighted by Gasteiger charge is 2.44. The van der Waals surface area contributed by atoms with E-state index in [1.165, 1.54) is 31.3 Å². The molecule has 0 radical (unpaired) electrons. The third kappa shape index (κ3) is 3.51. The van der Waals surface area contributed by atoms with Gasteiger partial charge in [0.05, 0.1) is 25.3 Å². The molecule has 1 aliphatic heterocycles. The van der Waals surface area contributed by atoms with Gasteiger partial charge in [-0.15, -0.1) is 0 Å². The smallest absolute Gasteiger partial charge is 0.290 e. The largest absolute Gasteiger partial charge is 0.508 e. The van der Waals surface area contributed by atoms with Crippen LogP contribution in [0.2, 0.25) is 0 Å². The molecule has 0 saturated heterocycles. The minimum Gasteiger partial charge on any atom is -0.508 e. The number of fused-ring (bicyclic) bond motifs is 1. The molecule has 8 heteroatoms. The van der Waals surface area contributed by atoms with Crippen molar-refractivity contribution >= 4 is 22.7 Å². The molecule has 0 fully saturated rings. The van der Waals surface area contributed by atoms with Gasteiger partial charge in [0.1, 0.15) is 5.75 Å². The lowest BCUT2D eigenvalue weighted by Crippen LogP contribution is -2.33. The van der Waals surface area contributed by atoms with Crippen molar-refractivity contribution in [3.05, 3.63) is 71.2 Å². The predicted molar refractivity (Wildman–Crippen MR) is 111 cm³/mol. The van der Waals surface area contributed by atoms with E-state index >= 15 is 0 Å². The van der Waals surface area contributed by atoms with Crippen molar-refractivity contribution in [2.45, 2.75) is 6.04 Å². The molecule has 3 aromatic rings. The SMILES string of the molecule is COCCN1C(=O)C(O)=C(C(=O)c2cc3cccc(OC)c3o2)C1c1ccc(O)cc1. The number of aliphatic hydroxyl groups excluding tert-OH is 1. The summed E-state index contributed by atoms with van der Waals surface area (Å²) in [7, 11) is 2.99. The number of ether oxygens (including phenoxy) is 2. The van der Waals surface area contributed by atoms with Gasteiger partial charge >= 0.3 is 0 Å². The van der Waals surface area contributed by atoms with Gasteiger partial charge in [0.25, 0.3) is 5.91 Å². The van der Waals surface area contributed by atoms with Gasteiger partial charge in [-0.25, -0.2) is 0 Å². The average molecular weight is 423 g/mol. The average Bonchev–Trinajstić information content (AvgIpc) is 3.32. The van der Waals surface area contributed by atoms with Crippen LogP contribution in [0.3, 0.4) is 0 Å². The normalized spacial score (nSPS) is 16.4. The number of furan rings is 1. The lowest BCUT2D eigenvalue weighted by atomic mass is 9.95. The van der Waals surface area contributed by atoms with E-state index in [9.17, 15) is 19.8 Å². The van der Waals surface area contributed by atoms with Gasteiger partial charge in [0.2, 0.25) is 5.78 Å². The first-order valence-corrected chi connectivity index (χ1v) is 9.59. The molecule has 2 aromatic carbocycles. The number of methoxy groups -OCH3 is 2. The molecular formula is C23H21NO7. The Bertz CT molecular complexity index is 1180. The molecular weight excluding hydrogens is 402 g/mol. The van der Waals surface area contributed by atoms with E-state index in [0.29, 0.717) is 22.3 Å². The van der Waals surface area contributed by atoms with Gasteiger partial charge in [-0.05, 0) is 29.8 Å². The summed E-state index contributed by atoms with van der Waals surface area (Å²) >= 11 is 0. The molecule has 1 unspecified atom stereocenters. The quantitative estimate of drug-likeness (QED) is 0.561. The van der Waals surface area contributed by atoms with Crippen molar-refractivity contribution in [1.82, 2.24) is 4.90 Å². The van der Waals surface area contributed by atoms with E-state index in [4.69, 9.17) is 13.9 Å². The van der Waals surface area contributed by atoms with Crippen molar-refractivity contribution in [2.24, 2.45) is 0 Å². The van der Waals surface area contributed by atoms with E-state index in [0.717, 1.165) is 0 Å². The van der Waals surface area contributed by atoms with Crippen LogP contribution in [0.1, 0.15) is 22.2 Å². The summed E-state index contributed by atoms with van der Waals surface area (Å²) in [5, 5.41) is 20.9. The second kappa shape index (κ2) is 8.16. The van der Waals surface area contributed by atoms with Crippen LogP contribution >= 0.6 is 0 Å². The van der Waals surface area contributed by atoms with Crippen LogP contribution in [0, 0.1) is 0 Å². The molecule has 1 amide bonds. The van der Waals surface area contributed by atoms with Crippen LogP contribution in [-0.2, 0) is 9.53 Å². The van der Waals surface area contributed by atoms with Gasteiger partial charge in [0.15, 0.2) is 22.9 Å². The standard InChI is InChI=1S/C23H21NO7/c1-29-11-10-24-19(13-6-8-15(25)9-7-13)18(21(27)23(24)28)20(26)17-12-14-4-3-5-16(30-2)22(14)31-17/h3-9,12,19,25,27H,10-11H2,1-2H3. The number of phenolic OH excluding ortho intramolecular Hbond substituents is 1. The first-order valence-electron chi connectivity index (χ1n) is 9.59. The highest BCUT2D eigenvalue weighted by molar-refractivity contribution is 6.16. The fraction of sp³-hybridized carbons (Fsp3) is 0.217. The zero-order valence-corrected chi connectivity index (χ0v) is 17.0. The number of aromatic hydroxyl groups is 1. The van der Waals surface area contributed by atoms with Crippen LogP contribution < -0.4 is 4.74 Å². The van der Waals surface area contributed by atoms with Crippen molar-refractivity contribution in [2.75, 3.05) is 27.4 Å². The van der Waals surface area contributed by atoms with Crippen LogP contribution in [0.4, 0.5) is 0 Å². The number of para-hydroxylation sites is 1. The second-order valence-corrected chi connectivity index (χ2v) is 7.07. The Hall–Kier alpha value is -3.78. The molecule has 1 aliphatic rings. The maximum absolute atomic E-state index is 13.4. The molecule has 0 saturated carbocycles. The number of nitrogens with zero attached hydrogens (tertiary/aromatic N) is 1. The summed E-state index contributed by atoms with van der Waals surface area (Å²) < 4.78 is 16.1. The van der Waals surface area contributed by atoms with E-state index in [-0.39, 0.29) is 30.2 Å². The molecule has 1 aromatic heterocycles. The summed E-state index contributed by atoms with van der Waals surface area (Å²) in [6.07, 6.45) is 0. The number of ketones is 1. The summed E-state index contributed by atoms with van der Waals surface area (Å²) in [5.41, 5.74) is 0.864. The second-order valence-electron chi connectivity index (χ2n) is 7.07. The Morgan fingerprint density at radius 3 is 2.55 bits per heavy atom. The van der Waals surface area contributed by atoms with Crippen LogP contribution in [0.25, 0.3) is 11.0 Å². The van der Waals surface area contributed by atoms with Crippen molar-refractivity contribution in [3.63, 3.8) is 0 Å². The number of amides is 1. The first kappa shape index (κ1) is 20.5. The third-order valence-electron chi connectivity index (χ3n) is 5.25. The lowest BCUT2D eigenvalue weighted by Gasteiger charge is -2.26. The number of Topliss-reactive ketones (excluding diaryl/α,β-unsaturated/α-hetero) is 1. The number of hydrogen-bond donors (Lipinski definition) is 2. The highest BCUT2D eigenvalue weighted by Crippen LogP contribution is 2.40. The van der Waals surface area contributed by atoms with Crippen LogP contribution in [0.15, 0.2) is 64.3 Å². The Labute approximate surface area is 177 Å². The number of carbonyl (C=O) groups excluding carboxylic acids is 2. The molecule has 2 N–H and O–H groups in total. The molecule has 0 spiro atoms. The topological polar surface area (TPSA) is 109 Å². The number of benzene rings is 2. The molecule has 0 bridgehead atoms. The first-order chi connectivity index (χ1) is 15.0. The lowest BCUT2D eigenvalue weighted by molar-refractivity contribution is -0.130. The van der Waals surface area contributed by atoms with Crippen molar-refractivity contribution in [1.29, 1.82) is 0 Å². The summed E-state index contributed by atoms with van der Waals surface area (Å²) in [5.74, 6) is -1.43. The van der Waals surface area contributed by atoms with E-state index in [1.54, 1.807) is 36.4 Å². The van der Waals surface area contributed by atoms with Crippen LogP contribution in [-0.4, -0.2) is 54.2 Å². The Kier molecular flexibility index (Phi) is 5.39. The van der Waals surface area contributed by atoms with Gasteiger partial charge in [-0.3, -0.25) is 9.59 Å². The minimum absolute atomic E-state index is 0.0220. The number of carbonyl (C=O) groups is 2. The summed E-state index contributed by atoms with van der Waals surface area (Å²) in [4.78, 5) is 27.6. The Morgan fingerprint density at radius 2 is 1.87 bits per heavy atom. The zero-order chi connectivity index (χ0) is 22.1. The molecule has 1 atom stereocenters. The van der Waals surface area contributed by atoms with Gasteiger partial charge < -0.3 is 29.0 Å². The fourth-order valence-corrected chi connectivity index (χ4v) is 3.75. The third-order valence-corrected chi connectivity index (χ3v) is 5.25. The van der Waals surface area contributed by atoms with E-state index in [2.05, 4.69) is 0 Å². The molecule has 160 valence electrons. The molecule has 2 heterocycles. The predicted octanol–water partition coefficient (Wildman–Crippen LogP) is 3.37. The zero-order valence-electron chi connectivity index (χ0n) is 17.0. The summed E-state index contributed by atoms with van der Waals surface area (Å²) in [6, 6.07) is 12.1. The van der Waals surface area contributed by atoms with Gasteiger partial charge in [-0.2, -0.15) is 0 Å². The fourth-order valence-electron chi connectivity index (χ4n) is 3.75. The molecule has 0 aliphatic carbocycles. The number of rotatable bonds is 7. The molecule has 8 nitrogen and oxygen atoms in total. The Balaban J connectivity index is 1.80. The van der Waals surface area contributed by atoms with Gasteiger partial charge in [-0.1, -0.05) is 24.3 Å². The summed E-state index contributed by atoms with van der Waals surface area (Å²) in [6.45, 7) is 0.382. The van der Waals surface area contributed by atoms with Gasteiger partial charge in [0, 0.05) is 19.0 Å². The van der Waals surface area contributed by atoms with Crippen LogP contribution in [0.5, 0.6) is 11.5 Å².